The van der Waals surface area contributed by atoms with E-state index in [0.29, 0.717) is 16.7 Å². The second-order valence-electron chi connectivity index (χ2n) is 11.0. The third-order valence-electron chi connectivity index (χ3n) is 8.19. The second kappa shape index (κ2) is 8.81. The molecule has 0 saturated heterocycles. The van der Waals surface area contributed by atoms with E-state index in [4.69, 9.17) is 0 Å². The van der Waals surface area contributed by atoms with Crippen LogP contribution in [0.15, 0.2) is 96.6 Å². The standard InChI is InChI=1S/C35H25FNO2P/c1-35(2)26-15-19(14-25-33(38)23-16-20-6-3-4-7-21(20)17-24(23)34(25)39)10-12-29(26)37-30-13-11-22(18-27(30)35)32-28(36)8-5-9-31(32)40/h3-18,37H,40H2,1-2H3. The molecule has 7 rings (SSSR count). The number of benzene rings is 5. The lowest BCUT2D eigenvalue weighted by Gasteiger charge is -2.36. The van der Waals surface area contributed by atoms with E-state index >= 15 is 0 Å². The third-order valence-corrected chi connectivity index (χ3v) is 8.67. The molecule has 1 aliphatic carbocycles. The van der Waals surface area contributed by atoms with Gasteiger partial charge in [0.05, 0.1) is 5.57 Å². The van der Waals surface area contributed by atoms with E-state index in [0.717, 1.165) is 49.7 Å². The number of carbonyl (C=O) groups is 2. The number of carbonyl (C=O) groups excluding carboxylic acids is 2. The van der Waals surface area contributed by atoms with Crippen LogP contribution in [0.5, 0.6) is 0 Å². The first-order valence-corrected chi connectivity index (χ1v) is 13.7. The zero-order chi connectivity index (χ0) is 27.8. The van der Waals surface area contributed by atoms with Gasteiger partial charge < -0.3 is 5.32 Å². The molecule has 0 aromatic heterocycles. The molecule has 5 heteroatoms. The number of anilines is 2. The molecule has 2 aliphatic rings. The smallest absolute Gasteiger partial charge is 0.197 e. The molecule has 40 heavy (non-hydrogen) atoms. The Hall–Kier alpha value is -4.40. The number of fused-ring (bicyclic) bond motifs is 4. The topological polar surface area (TPSA) is 46.2 Å². The summed E-state index contributed by atoms with van der Waals surface area (Å²) in [6.45, 7) is 4.28. The normalized spacial score (nSPS) is 14.9. The summed E-state index contributed by atoms with van der Waals surface area (Å²) in [5.74, 6) is -0.744. The molecule has 1 N–H and O–H groups in total. The van der Waals surface area contributed by atoms with E-state index < -0.39 is 5.41 Å². The van der Waals surface area contributed by atoms with Crippen LogP contribution < -0.4 is 10.6 Å². The number of hydrogen-bond donors (Lipinski definition) is 1. The zero-order valence-electron chi connectivity index (χ0n) is 22.0. The average molecular weight is 542 g/mol. The van der Waals surface area contributed by atoms with Gasteiger partial charge in [-0.3, -0.25) is 9.59 Å². The van der Waals surface area contributed by atoms with Gasteiger partial charge in [-0.2, -0.15) is 0 Å². The van der Waals surface area contributed by atoms with E-state index in [1.165, 1.54) is 6.07 Å². The van der Waals surface area contributed by atoms with Gasteiger partial charge in [0.1, 0.15) is 5.82 Å². The van der Waals surface area contributed by atoms with Crippen molar-refractivity contribution in [2.45, 2.75) is 19.3 Å². The molecule has 1 atom stereocenters. The molecule has 1 aliphatic heterocycles. The first-order valence-electron chi connectivity index (χ1n) is 13.2. The predicted molar refractivity (Wildman–Crippen MR) is 164 cm³/mol. The van der Waals surface area contributed by atoms with E-state index in [-0.39, 0.29) is 23.0 Å². The summed E-state index contributed by atoms with van der Waals surface area (Å²) in [6, 6.07) is 28.4. The van der Waals surface area contributed by atoms with Gasteiger partial charge in [0.2, 0.25) is 0 Å². The fraction of sp³-hybridized carbons (Fsp3) is 0.0857. The maximum Gasteiger partial charge on any atom is 0.197 e. The summed E-state index contributed by atoms with van der Waals surface area (Å²) < 4.78 is 14.8. The summed E-state index contributed by atoms with van der Waals surface area (Å²) >= 11 is 0. The lowest BCUT2D eigenvalue weighted by Crippen LogP contribution is -2.26. The molecular formula is C35H25FNO2P. The zero-order valence-corrected chi connectivity index (χ0v) is 23.2. The van der Waals surface area contributed by atoms with Crippen molar-refractivity contribution in [2.75, 3.05) is 5.32 Å². The highest BCUT2D eigenvalue weighted by atomic mass is 31.0. The molecule has 0 spiro atoms. The Kier molecular flexibility index (Phi) is 5.42. The van der Waals surface area contributed by atoms with Gasteiger partial charge in [-0.15, -0.1) is 9.24 Å². The minimum Gasteiger partial charge on any atom is -0.355 e. The van der Waals surface area contributed by atoms with Crippen molar-refractivity contribution in [3.05, 3.63) is 130 Å². The molecule has 0 saturated carbocycles. The maximum absolute atomic E-state index is 14.8. The Morgan fingerprint density at radius 3 is 2.02 bits per heavy atom. The van der Waals surface area contributed by atoms with Crippen LogP contribution in [0.3, 0.4) is 0 Å². The molecule has 5 aromatic carbocycles. The van der Waals surface area contributed by atoms with Crippen molar-refractivity contribution >= 4 is 54.3 Å². The summed E-state index contributed by atoms with van der Waals surface area (Å²) in [6.07, 6.45) is 1.71. The molecule has 3 nitrogen and oxygen atoms in total. The lowest BCUT2D eigenvalue weighted by molar-refractivity contribution is 0.0990. The predicted octanol–water partition coefficient (Wildman–Crippen LogP) is 7.99. The van der Waals surface area contributed by atoms with Crippen LogP contribution in [0.1, 0.15) is 51.3 Å². The Labute approximate surface area is 234 Å². The Morgan fingerprint density at radius 1 is 0.750 bits per heavy atom. The molecule has 0 bridgehead atoms. The van der Waals surface area contributed by atoms with Crippen LogP contribution in [-0.4, -0.2) is 11.6 Å². The van der Waals surface area contributed by atoms with Crippen LogP contribution in [0.2, 0.25) is 0 Å². The minimum atomic E-state index is -0.420. The third kappa shape index (κ3) is 3.67. The van der Waals surface area contributed by atoms with Crippen LogP contribution in [0, 0.1) is 5.82 Å². The molecule has 1 heterocycles. The maximum atomic E-state index is 14.8. The average Bonchev–Trinajstić information content (AvgIpc) is 3.16. The van der Waals surface area contributed by atoms with Gasteiger partial charge in [-0.25, -0.2) is 4.39 Å². The van der Waals surface area contributed by atoms with Gasteiger partial charge >= 0.3 is 0 Å². The molecule has 5 aromatic rings. The lowest BCUT2D eigenvalue weighted by atomic mass is 9.73. The van der Waals surface area contributed by atoms with Crippen LogP contribution in [0.25, 0.3) is 28.0 Å². The largest absolute Gasteiger partial charge is 0.355 e. The second-order valence-corrected chi connectivity index (χ2v) is 11.6. The number of rotatable bonds is 2. The van der Waals surface area contributed by atoms with Crippen molar-refractivity contribution in [2.24, 2.45) is 0 Å². The number of hydrogen-bond acceptors (Lipinski definition) is 3. The summed E-state index contributed by atoms with van der Waals surface area (Å²) in [7, 11) is 2.62. The Bertz CT molecular complexity index is 1890. The number of Topliss-reactive ketones (excluding diaryl/α,β-unsaturated/α-hetero) is 2. The molecule has 0 radical (unpaired) electrons. The highest BCUT2D eigenvalue weighted by molar-refractivity contribution is 7.28. The molecule has 194 valence electrons. The van der Waals surface area contributed by atoms with Crippen molar-refractivity contribution in [1.29, 1.82) is 0 Å². The van der Waals surface area contributed by atoms with E-state index in [2.05, 4.69) is 28.4 Å². The van der Waals surface area contributed by atoms with Crippen LogP contribution in [-0.2, 0) is 5.41 Å². The van der Waals surface area contributed by atoms with E-state index in [1.54, 1.807) is 12.1 Å². The summed E-state index contributed by atoms with van der Waals surface area (Å²) in [5.41, 5.74) is 6.85. The number of nitrogens with one attached hydrogen (secondary N) is 1. The van der Waals surface area contributed by atoms with Crippen LogP contribution >= 0.6 is 9.24 Å². The quantitative estimate of drug-likeness (QED) is 0.140. The van der Waals surface area contributed by atoms with Crippen molar-refractivity contribution in [3.63, 3.8) is 0 Å². The van der Waals surface area contributed by atoms with Crippen molar-refractivity contribution < 1.29 is 14.0 Å². The van der Waals surface area contributed by atoms with E-state index in [1.807, 2.05) is 78.9 Å². The monoisotopic (exact) mass is 541 g/mol. The van der Waals surface area contributed by atoms with Crippen LogP contribution in [0.4, 0.5) is 15.8 Å². The molecule has 1 unspecified atom stereocenters. The van der Waals surface area contributed by atoms with Gasteiger partial charge in [0, 0.05) is 33.5 Å². The Balaban J connectivity index is 1.29. The summed E-state index contributed by atoms with van der Waals surface area (Å²) in [4.78, 5) is 26.7. The first kappa shape index (κ1) is 24.6. The SMILES string of the molecule is CC1(C)c2cc(C=C3C(=O)c4cc5ccccc5cc4C3=O)ccc2Nc2ccc(-c3c(F)cccc3P)cc21. The number of halogens is 1. The van der Waals surface area contributed by atoms with Gasteiger partial charge in [-0.1, -0.05) is 62.4 Å². The highest BCUT2D eigenvalue weighted by Gasteiger charge is 2.35. The van der Waals surface area contributed by atoms with Crippen molar-refractivity contribution in [3.8, 4) is 11.1 Å². The van der Waals surface area contributed by atoms with Gasteiger partial charge in [-0.05, 0) is 86.9 Å². The van der Waals surface area contributed by atoms with Crippen molar-refractivity contribution in [1.82, 2.24) is 0 Å². The first-order chi connectivity index (χ1) is 19.2. The fourth-order valence-electron chi connectivity index (χ4n) is 6.05. The Morgan fingerprint density at radius 2 is 1.38 bits per heavy atom. The fourth-order valence-corrected chi connectivity index (χ4v) is 6.46. The van der Waals surface area contributed by atoms with Gasteiger partial charge in [0.15, 0.2) is 11.6 Å². The number of allylic oxidation sites excluding steroid dienone is 1. The molecular weight excluding hydrogens is 516 g/mol. The highest BCUT2D eigenvalue weighted by Crippen LogP contribution is 2.47. The molecule has 0 amide bonds. The van der Waals surface area contributed by atoms with Gasteiger partial charge in [0.25, 0.3) is 0 Å². The molecule has 0 fully saturated rings. The summed E-state index contributed by atoms with van der Waals surface area (Å²) in [5, 5.41) is 6.20. The number of ketones is 2. The van der Waals surface area contributed by atoms with E-state index in [9.17, 15) is 14.0 Å². The minimum absolute atomic E-state index is 0.182.